The van der Waals surface area contributed by atoms with E-state index >= 15 is 0 Å². The first-order valence-corrected chi connectivity index (χ1v) is 10.1. The van der Waals surface area contributed by atoms with E-state index in [4.69, 9.17) is 18.6 Å². The zero-order valence-electron chi connectivity index (χ0n) is 19.4. The summed E-state index contributed by atoms with van der Waals surface area (Å²) in [6, 6.07) is 4.33. The van der Waals surface area contributed by atoms with Gasteiger partial charge in [-0.2, -0.15) is 0 Å². The van der Waals surface area contributed by atoms with Crippen LogP contribution in [0.2, 0.25) is 0 Å². The third kappa shape index (κ3) is 8.23. The fraction of sp³-hybridized carbons (Fsp3) is 0.571. The molecule has 0 saturated heterocycles. The predicted molar refractivity (Wildman–Crippen MR) is 114 cm³/mol. The van der Waals surface area contributed by atoms with E-state index in [9.17, 15) is 14.9 Å². The van der Waals surface area contributed by atoms with Gasteiger partial charge in [0, 0.05) is 12.1 Å². The maximum Gasteiger partial charge on any atom is 0.413 e. The molecule has 1 N–H and O–H groups in total. The molecule has 1 aromatic carbocycles. The van der Waals surface area contributed by atoms with E-state index in [1.54, 1.807) is 6.92 Å². The van der Waals surface area contributed by atoms with Gasteiger partial charge >= 0.3 is 6.09 Å². The Morgan fingerprint density at radius 2 is 1.75 bits per heavy atom. The van der Waals surface area contributed by atoms with Crippen molar-refractivity contribution in [2.45, 2.75) is 78.4 Å². The van der Waals surface area contributed by atoms with Crippen molar-refractivity contribution in [1.82, 2.24) is 15.5 Å². The van der Waals surface area contributed by atoms with Crippen LogP contribution in [0.4, 0.5) is 10.5 Å². The molecule has 0 fully saturated rings. The predicted octanol–water partition coefficient (Wildman–Crippen LogP) is 4.33. The van der Waals surface area contributed by atoms with Crippen molar-refractivity contribution in [3.8, 4) is 5.75 Å². The number of hydrogen-bond donors (Lipinski definition) is 1. The first kappa shape index (κ1) is 25.2. The van der Waals surface area contributed by atoms with Crippen LogP contribution in [0.1, 0.15) is 66.3 Å². The smallest absolute Gasteiger partial charge is 0.413 e. The molecule has 0 aliphatic heterocycles. The highest BCUT2D eigenvalue weighted by molar-refractivity contribution is 5.71. The number of hydrogen-bond acceptors (Lipinski definition) is 9. The Labute approximate surface area is 186 Å². The molecule has 0 radical (unpaired) electrons. The van der Waals surface area contributed by atoms with E-state index in [1.807, 2.05) is 41.5 Å². The van der Waals surface area contributed by atoms with E-state index < -0.39 is 28.8 Å². The first-order chi connectivity index (χ1) is 14.7. The van der Waals surface area contributed by atoms with E-state index in [1.165, 1.54) is 24.3 Å². The van der Waals surface area contributed by atoms with Crippen LogP contribution in [0.15, 0.2) is 28.7 Å². The summed E-state index contributed by atoms with van der Waals surface area (Å²) in [6.07, 6.45) is -1.35. The molecular weight excluding hydrogens is 420 g/mol. The van der Waals surface area contributed by atoms with Gasteiger partial charge in [-0.1, -0.05) is 0 Å². The van der Waals surface area contributed by atoms with Crippen molar-refractivity contribution in [3.63, 3.8) is 0 Å². The van der Waals surface area contributed by atoms with Gasteiger partial charge < -0.3 is 23.9 Å². The van der Waals surface area contributed by atoms with Gasteiger partial charge in [-0.05, 0) is 60.6 Å². The maximum absolute atomic E-state index is 12.5. The average molecular weight is 450 g/mol. The number of non-ortho nitro benzene ring substituents is 1. The number of nitrogens with zero attached hydrogens (tertiary/aromatic N) is 3. The molecule has 0 aliphatic rings. The minimum Gasteiger partial charge on any atom is -0.420 e. The van der Waals surface area contributed by atoms with E-state index in [-0.39, 0.29) is 35.4 Å². The second kappa shape index (κ2) is 10.0. The van der Waals surface area contributed by atoms with Gasteiger partial charge in [0.2, 0.25) is 11.8 Å². The van der Waals surface area contributed by atoms with Gasteiger partial charge in [0.05, 0.1) is 22.2 Å². The van der Waals surface area contributed by atoms with Gasteiger partial charge in [-0.15, -0.1) is 10.2 Å². The van der Waals surface area contributed by atoms with Crippen LogP contribution < -0.4 is 10.1 Å². The monoisotopic (exact) mass is 450 g/mol. The summed E-state index contributed by atoms with van der Waals surface area (Å²) in [7, 11) is 0. The number of amides is 1. The van der Waals surface area contributed by atoms with Gasteiger partial charge in [0.25, 0.3) is 5.69 Å². The molecule has 0 saturated carbocycles. The van der Waals surface area contributed by atoms with Crippen molar-refractivity contribution in [2.24, 2.45) is 0 Å². The Morgan fingerprint density at radius 3 is 2.28 bits per heavy atom. The summed E-state index contributed by atoms with van der Waals surface area (Å²) in [5.74, 6) is 0.532. The van der Waals surface area contributed by atoms with Crippen LogP contribution in [0.25, 0.3) is 0 Å². The van der Waals surface area contributed by atoms with Crippen molar-refractivity contribution < 1.29 is 28.3 Å². The lowest BCUT2D eigenvalue weighted by Gasteiger charge is -2.29. The summed E-state index contributed by atoms with van der Waals surface area (Å²) >= 11 is 0. The first-order valence-electron chi connectivity index (χ1n) is 10.1. The van der Waals surface area contributed by atoms with Crippen LogP contribution in [0.5, 0.6) is 5.75 Å². The summed E-state index contributed by atoms with van der Waals surface area (Å²) in [5.41, 5.74) is -0.998. The normalized spacial score (nSPS) is 14.0. The number of ether oxygens (including phenoxy) is 3. The number of aromatic nitrogens is 2. The number of nitrogens with one attached hydrogen (secondary N) is 1. The lowest BCUT2D eigenvalue weighted by Crippen LogP contribution is -2.41. The molecule has 11 nitrogen and oxygen atoms in total. The SMILES string of the molecule is CC(OC(C)(C)C)C(NC(=O)Oc1ccc([N+](=O)[O-])cc1)c1nnc(COC(C)(C)C)o1. The van der Waals surface area contributed by atoms with Crippen LogP contribution in [0, 0.1) is 10.1 Å². The Kier molecular flexibility index (Phi) is 7.92. The molecule has 2 aromatic rings. The minimum atomic E-state index is -0.810. The average Bonchev–Trinajstić information content (AvgIpc) is 3.11. The highest BCUT2D eigenvalue weighted by Crippen LogP contribution is 2.24. The third-order valence-electron chi connectivity index (χ3n) is 3.92. The standard InChI is InChI=1S/C21H30N4O7/c1-13(32-21(5,6)7)17(18-24-23-16(31-18)12-29-20(2,3)4)22-19(26)30-15-10-8-14(9-11-15)25(27)28/h8-11,13,17H,12H2,1-7H3,(H,22,26). The van der Waals surface area contributed by atoms with Crippen LogP contribution >= 0.6 is 0 Å². The second-order valence-electron chi connectivity index (χ2n) is 9.13. The van der Waals surface area contributed by atoms with Crippen LogP contribution in [-0.4, -0.2) is 38.5 Å². The summed E-state index contributed by atoms with van der Waals surface area (Å²) in [5, 5.41) is 21.5. The van der Waals surface area contributed by atoms with Gasteiger partial charge in [0.1, 0.15) is 18.4 Å². The molecule has 2 atom stereocenters. The summed E-state index contributed by atoms with van der Waals surface area (Å²) < 4.78 is 22.6. The van der Waals surface area contributed by atoms with E-state index in [0.29, 0.717) is 0 Å². The molecule has 0 spiro atoms. The number of benzene rings is 1. The molecule has 0 bridgehead atoms. The fourth-order valence-corrected chi connectivity index (χ4v) is 2.63. The largest absolute Gasteiger partial charge is 0.420 e. The Hall–Kier alpha value is -3.05. The quantitative estimate of drug-likeness (QED) is 0.460. The fourth-order valence-electron chi connectivity index (χ4n) is 2.63. The molecule has 0 aliphatic carbocycles. The van der Waals surface area contributed by atoms with Crippen molar-refractivity contribution in [3.05, 3.63) is 46.2 Å². The molecule has 11 heteroatoms. The van der Waals surface area contributed by atoms with Gasteiger partial charge in [0.15, 0.2) is 0 Å². The molecular formula is C21H30N4O7. The zero-order chi connectivity index (χ0) is 24.1. The summed E-state index contributed by atoms with van der Waals surface area (Å²) in [4.78, 5) is 22.7. The number of nitro benzene ring substituents is 1. The number of carbonyl (C=O) groups is 1. The van der Waals surface area contributed by atoms with Gasteiger partial charge in [-0.3, -0.25) is 10.1 Å². The van der Waals surface area contributed by atoms with Crippen molar-refractivity contribution in [1.29, 1.82) is 0 Å². The second-order valence-corrected chi connectivity index (χ2v) is 9.13. The number of carbonyl (C=O) groups excluding carboxylic acids is 1. The lowest BCUT2D eigenvalue weighted by molar-refractivity contribution is -0.384. The van der Waals surface area contributed by atoms with Gasteiger partial charge in [-0.25, -0.2) is 4.79 Å². The molecule has 1 heterocycles. The highest BCUT2D eigenvalue weighted by atomic mass is 16.6. The van der Waals surface area contributed by atoms with E-state index in [0.717, 1.165) is 0 Å². The number of nitro groups is 1. The van der Waals surface area contributed by atoms with Crippen molar-refractivity contribution >= 4 is 11.8 Å². The molecule has 2 unspecified atom stereocenters. The Morgan fingerprint density at radius 1 is 1.12 bits per heavy atom. The van der Waals surface area contributed by atoms with E-state index in [2.05, 4.69) is 15.5 Å². The zero-order valence-corrected chi connectivity index (χ0v) is 19.4. The molecule has 1 amide bonds. The van der Waals surface area contributed by atoms with Crippen LogP contribution in [0.3, 0.4) is 0 Å². The Balaban J connectivity index is 2.15. The topological polar surface area (TPSA) is 139 Å². The lowest BCUT2D eigenvalue weighted by atomic mass is 10.1. The Bertz CT molecular complexity index is 913. The van der Waals surface area contributed by atoms with Crippen molar-refractivity contribution in [2.75, 3.05) is 0 Å². The third-order valence-corrected chi connectivity index (χ3v) is 3.92. The maximum atomic E-state index is 12.5. The highest BCUT2D eigenvalue weighted by Gasteiger charge is 2.31. The summed E-state index contributed by atoms with van der Waals surface area (Å²) in [6.45, 7) is 13.2. The van der Waals surface area contributed by atoms with Crippen LogP contribution in [-0.2, 0) is 16.1 Å². The number of rotatable bonds is 8. The molecule has 2 rings (SSSR count). The molecule has 1 aromatic heterocycles. The molecule has 176 valence electrons. The minimum absolute atomic E-state index is 0.112. The molecule has 32 heavy (non-hydrogen) atoms.